The normalized spacial score (nSPS) is 23.2. The fraction of sp³-hybridized carbons (Fsp3) is 0.750. The summed E-state index contributed by atoms with van der Waals surface area (Å²) in [5, 5.41) is 16.6. The quantitative estimate of drug-likeness (QED) is 0.786. The van der Waals surface area contributed by atoms with E-state index in [1.54, 1.807) is 6.20 Å². The first-order valence-corrected chi connectivity index (χ1v) is 6.24. The third kappa shape index (κ3) is 3.27. The molecule has 17 heavy (non-hydrogen) atoms. The van der Waals surface area contributed by atoms with Crippen LogP contribution >= 0.6 is 0 Å². The summed E-state index contributed by atoms with van der Waals surface area (Å²) in [4.78, 5) is 2.42. The molecule has 0 unspecified atom stereocenters. The molecule has 0 aliphatic carbocycles. The lowest BCUT2D eigenvalue weighted by atomic mass is 9.96. The third-order valence-electron chi connectivity index (χ3n) is 3.48. The van der Waals surface area contributed by atoms with Crippen LogP contribution in [0.1, 0.15) is 26.2 Å². The lowest BCUT2D eigenvalue weighted by Gasteiger charge is -2.35. The molecule has 0 spiro atoms. The van der Waals surface area contributed by atoms with E-state index in [1.165, 1.54) is 12.8 Å². The van der Waals surface area contributed by atoms with Crippen molar-refractivity contribution in [2.75, 3.05) is 13.1 Å². The van der Waals surface area contributed by atoms with Crippen molar-refractivity contribution in [1.29, 1.82) is 5.26 Å². The summed E-state index contributed by atoms with van der Waals surface area (Å²) in [6.07, 6.45) is 6.72. The Morgan fingerprint density at radius 1 is 1.59 bits per heavy atom. The number of piperidine rings is 1. The maximum Gasteiger partial charge on any atom is 0.0692 e. The Hall–Kier alpha value is -1.41. The van der Waals surface area contributed by atoms with Crippen LogP contribution in [-0.2, 0) is 6.54 Å². The fourth-order valence-corrected chi connectivity index (χ4v) is 2.50. The Morgan fingerprint density at radius 2 is 2.47 bits per heavy atom. The van der Waals surface area contributed by atoms with Crippen molar-refractivity contribution in [1.82, 2.24) is 19.9 Å². The number of likely N-dealkylation sites (tertiary alicyclic amines) is 1. The molecule has 1 aromatic heterocycles. The van der Waals surface area contributed by atoms with Gasteiger partial charge >= 0.3 is 0 Å². The van der Waals surface area contributed by atoms with Gasteiger partial charge in [-0.05, 0) is 32.2 Å². The van der Waals surface area contributed by atoms with Gasteiger partial charge in [-0.2, -0.15) is 5.26 Å². The molecule has 0 N–H and O–H groups in total. The molecule has 92 valence electrons. The van der Waals surface area contributed by atoms with Gasteiger partial charge < -0.3 is 0 Å². The minimum absolute atomic E-state index is 0.374. The van der Waals surface area contributed by atoms with E-state index >= 15 is 0 Å². The van der Waals surface area contributed by atoms with Crippen molar-refractivity contribution in [2.24, 2.45) is 5.92 Å². The van der Waals surface area contributed by atoms with Gasteiger partial charge in [0.05, 0.1) is 18.7 Å². The lowest BCUT2D eigenvalue weighted by Crippen LogP contribution is -2.42. The smallest absolute Gasteiger partial charge is 0.0692 e. The van der Waals surface area contributed by atoms with Crippen molar-refractivity contribution in [2.45, 2.75) is 38.8 Å². The molecule has 0 aromatic carbocycles. The van der Waals surface area contributed by atoms with Crippen LogP contribution in [0.2, 0.25) is 0 Å². The van der Waals surface area contributed by atoms with Crippen molar-refractivity contribution in [3.05, 3.63) is 12.4 Å². The minimum atomic E-state index is 0.374. The number of hydrogen-bond donors (Lipinski definition) is 0. The summed E-state index contributed by atoms with van der Waals surface area (Å²) >= 11 is 0. The Labute approximate surface area is 102 Å². The van der Waals surface area contributed by atoms with Crippen LogP contribution in [0.3, 0.4) is 0 Å². The van der Waals surface area contributed by atoms with Crippen molar-refractivity contribution < 1.29 is 0 Å². The molecule has 1 aromatic rings. The number of rotatable bonds is 4. The standard InChI is InChI=1S/C12H19N5/c1-11(4-5-13)16-7-2-3-12(9-16)10-17-8-6-14-15-17/h6,8,11-12H,2-4,7,9-10H2,1H3/t11-,12+/m0/s1. The first-order valence-electron chi connectivity index (χ1n) is 6.24. The number of aromatic nitrogens is 3. The molecule has 1 aliphatic rings. The van der Waals surface area contributed by atoms with Gasteiger partial charge in [-0.3, -0.25) is 9.58 Å². The first kappa shape index (κ1) is 12.1. The van der Waals surface area contributed by atoms with Crippen molar-refractivity contribution in [3.8, 4) is 6.07 Å². The highest BCUT2D eigenvalue weighted by atomic mass is 15.4. The van der Waals surface area contributed by atoms with Gasteiger partial charge in [-0.25, -0.2) is 0 Å². The number of nitriles is 1. The second-order valence-electron chi connectivity index (χ2n) is 4.84. The Kier molecular flexibility index (Phi) is 4.10. The van der Waals surface area contributed by atoms with E-state index in [4.69, 9.17) is 5.26 Å². The van der Waals surface area contributed by atoms with Gasteiger partial charge in [0.2, 0.25) is 0 Å². The van der Waals surface area contributed by atoms with Gasteiger partial charge in [-0.1, -0.05) is 5.21 Å². The highest BCUT2D eigenvalue weighted by molar-refractivity contribution is 4.83. The molecule has 0 saturated carbocycles. The topological polar surface area (TPSA) is 57.7 Å². The maximum absolute atomic E-state index is 8.74. The molecule has 0 bridgehead atoms. The molecule has 0 radical (unpaired) electrons. The van der Waals surface area contributed by atoms with E-state index in [-0.39, 0.29) is 0 Å². The van der Waals surface area contributed by atoms with Gasteiger partial charge in [-0.15, -0.1) is 5.10 Å². The van der Waals surface area contributed by atoms with Crippen LogP contribution in [0, 0.1) is 17.2 Å². The number of nitrogens with zero attached hydrogens (tertiary/aromatic N) is 5. The molecule has 2 rings (SSSR count). The van der Waals surface area contributed by atoms with Crippen LogP contribution in [-0.4, -0.2) is 39.0 Å². The van der Waals surface area contributed by atoms with Crippen LogP contribution in [0.15, 0.2) is 12.4 Å². The summed E-state index contributed by atoms with van der Waals surface area (Å²) in [6, 6.07) is 2.63. The molecule has 1 aliphatic heterocycles. The van der Waals surface area contributed by atoms with Crippen LogP contribution in [0.5, 0.6) is 0 Å². The van der Waals surface area contributed by atoms with E-state index in [0.717, 1.165) is 19.6 Å². The van der Waals surface area contributed by atoms with Crippen molar-refractivity contribution in [3.63, 3.8) is 0 Å². The maximum atomic E-state index is 8.74. The summed E-state index contributed by atoms with van der Waals surface area (Å²) in [6.45, 7) is 5.27. The van der Waals surface area contributed by atoms with E-state index < -0.39 is 0 Å². The Balaban J connectivity index is 1.86. The predicted octanol–water partition coefficient (Wildman–Crippen LogP) is 1.29. The predicted molar refractivity (Wildman–Crippen MR) is 64.0 cm³/mol. The van der Waals surface area contributed by atoms with Crippen LogP contribution in [0.25, 0.3) is 0 Å². The zero-order chi connectivity index (χ0) is 12.1. The fourth-order valence-electron chi connectivity index (χ4n) is 2.50. The zero-order valence-electron chi connectivity index (χ0n) is 10.3. The zero-order valence-corrected chi connectivity index (χ0v) is 10.3. The second kappa shape index (κ2) is 5.78. The van der Waals surface area contributed by atoms with Gasteiger partial charge in [0.25, 0.3) is 0 Å². The lowest BCUT2D eigenvalue weighted by molar-refractivity contribution is 0.122. The minimum Gasteiger partial charge on any atom is -0.299 e. The molecular formula is C12H19N5. The molecule has 0 amide bonds. The average molecular weight is 233 g/mol. The van der Waals surface area contributed by atoms with E-state index in [0.29, 0.717) is 18.4 Å². The SMILES string of the molecule is C[C@@H](CC#N)N1CCC[C@@H](Cn2ccnn2)C1. The summed E-state index contributed by atoms with van der Waals surface area (Å²) < 4.78 is 1.91. The van der Waals surface area contributed by atoms with Gasteiger partial charge in [0.15, 0.2) is 0 Å². The average Bonchev–Trinajstić information content (AvgIpc) is 2.82. The monoisotopic (exact) mass is 233 g/mol. The largest absolute Gasteiger partial charge is 0.299 e. The first-order chi connectivity index (χ1) is 8.29. The van der Waals surface area contributed by atoms with E-state index in [9.17, 15) is 0 Å². The van der Waals surface area contributed by atoms with E-state index in [2.05, 4.69) is 28.2 Å². The Bertz CT molecular complexity index is 367. The number of hydrogen-bond acceptors (Lipinski definition) is 4. The summed E-state index contributed by atoms with van der Waals surface area (Å²) in [5.41, 5.74) is 0. The third-order valence-corrected chi connectivity index (χ3v) is 3.48. The van der Waals surface area contributed by atoms with Crippen LogP contribution < -0.4 is 0 Å². The molecule has 1 saturated heterocycles. The Morgan fingerprint density at radius 3 is 3.18 bits per heavy atom. The van der Waals surface area contributed by atoms with Gasteiger partial charge in [0.1, 0.15) is 0 Å². The van der Waals surface area contributed by atoms with Crippen LogP contribution in [0.4, 0.5) is 0 Å². The molecule has 5 nitrogen and oxygen atoms in total. The van der Waals surface area contributed by atoms with Crippen molar-refractivity contribution >= 4 is 0 Å². The molecular weight excluding hydrogens is 214 g/mol. The molecule has 5 heteroatoms. The molecule has 2 heterocycles. The summed E-state index contributed by atoms with van der Waals surface area (Å²) in [5.74, 6) is 0.631. The molecule has 2 atom stereocenters. The van der Waals surface area contributed by atoms with Gasteiger partial charge in [0, 0.05) is 25.3 Å². The second-order valence-corrected chi connectivity index (χ2v) is 4.84. The highest BCUT2D eigenvalue weighted by Gasteiger charge is 2.23. The van der Waals surface area contributed by atoms with E-state index in [1.807, 2.05) is 10.9 Å². The molecule has 1 fully saturated rings. The summed E-state index contributed by atoms with van der Waals surface area (Å²) in [7, 11) is 0. The highest BCUT2D eigenvalue weighted by Crippen LogP contribution is 2.20.